The van der Waals surface area contributed by atoms with E-state index in [2.05, 4.69) is 29.4 Å². The lowest BCUT2D eigenvalue weighted by Crippen LogP contribution is -2.17. The third kappa shape index (κ3) is 3.18. The summed E-state index contributed by atoms with van der Waals surface area (Å²) in [6.45, 7) is 8.69. The molecule has 5 heteroatoms. The molecule has 0 saturated carbocycles. The fourth-order valence-corrected chi connectivity index (χ4v) is 1.83. The topological polar surface area (TPSA) is 75.1 Å². The fraction of sp³-hybridized carbons (Fsp3) is 0.615. The molecule has 18 heavy (non-hydrogen) atoms. The molecule has 0 aromatic carbocycles. The molecule has 0 saturated heterocycles. The van der Waals surface area contributed by atoms with Crippen LogP contribution < -0.4 is 5.32 Å². The van der Waals surface area contributed by atoms with Crippen LogP contribution in [0.3, 0.4) is 0 Å². The van der Waals surface area contributed by atoms with E-state index in [0.29, 0.717) is 31.1 Å². The van der Waals surface area contributed by atoms with Crippen molar-refractivity contribution in [1.29, 1.82) is 0 Å². The molecule has 1 heterocycles. The van der Waals surface area contributed by atoms with Crippen molar-refractivity contribution >= 4 is 11.8 Å². The lowest BCUT2D eigenvalue weighted by atomic mass is 10.0. The molecule has 0 aliphatic carbocycles. The Morgan fingerprint density at radius 3 is 2.39 bits per heavy atom. The average Bonchev–Trinajstić information content (AvgIpc) is 2.34. The summed E-state index contributed by atoms with van der Waals surface area (Å²) in [6.07, 6.45) is 1.34. The van der Waals surface area contributed by atoms with E-state index in [4.69, 9.17) is 0 Å². The van der Waals surface area contributed by atoms with Crippen molar-refractivity contribution in [3.05, 3.63) is 16.8 Å². The SMILES string of the molecule is CCc1nnc(NCC(C)C)c(C(=O)O)c1CC. The van der Waals surface area contributed by atoms with Crippen LogP contribution >= 0.6 is 0 Å². The first-order chi connectivity index (χ1) is 8.51. The molecule has 0 spiro atoms. The second-order valence-corrected chi connectivity index (χ2v) is 4.64. The van der Waals surface area contributed by atoms with Crippen molar-refractivity contribution in [1.82, 2.24) is 10.2 Å². The Hall–Kier alpha value is -1.65. The molecule has 0 unspecified atom stereocenters. The van der Waals surface area contributed by atoms with E-state index in [1.54, 1.807) is 0 Å². The lowest BCUT2D eigenvalue weighted by Gasteiger charge is -2.14. The molecule has 0 aliphatic heterocycles. The molecule has 100 valence electrons. The Balaban J connectivity index is 3.21. The number of aromatic carboxylic acids is 1. The zero-order valence-corrected chi connectivity index (χ0v) is 11.4. The summed E-state index contributed by atoms with van der Waals surface area (Å²) >= 11 is 0. The molecule has 0 radical (unpaired) electrons. The minimum atomic E-state index is -0.942. The van der Waals surface area contributed by atoms with Gasteiger partial charge in [0.05, 0.1) is 5.69 Å². The monoisotopic (exact) mass is 251 g/mol. The van der Waals surface area contributed by atoms with Gasteiger partial charge < -0.3 is 10.4 Å². The highest BCUT2D eigenvalue weighted by Gasteiger charge is 2.20. The van der Waals surface area contributed by atoms with Gasteiger partial charge in [-0.25, -0.2) is 4.79 Å². The summed E-state index contributed by atoms with van der Waals surface area (Å²) in [4.78, 5) is 11.4. The third-order valence-electron chi connectivity index (χ3n) is 2.74. The molecule has 0 amide bonds. The maximum absolute atomic E-state index is 11.4. The lowest BCUT2D eigenvalue weighted by molar-refractivity contribution is 0.0696. The van der Waals surface area contributed by atoms with E-state index in [0.717, 1.165) is 11.3 Å². The van der Waals surface area contributed by atoms with E-state index < -0.39 is 5.97 Å². The molecule has 5 nitrogen and oxygen atoms in total. The first kappa shape index (κ1) is 14.4. The van der Waals surface area contributed by atoms with Crippen LogP contribution in [-0.4, -0.2) is 27.8 Å². The number of hydrogen-bond acceptors (Lipinski definition) is 4. The molecule has 0 bridgehead atoms. The van der Waals surface area contributed by atoms with Crippen LogP contribution in [0.5, 0.6) is 0 Å². The van der Waals surface area contributed by atoms with Gasteiger partial charge in [0.1, 0.15) is 5.56 Å². The maximum atomic E-state index is 11.4. The molecule has 1 aromatic heterocycles. The van der Waals surface area contributed by atoms with Gasteiger partial charge in [-0.15, -0.1) is 5.10 Å². The Labute approximate surface area is 108 Å². The van der Waals surface area contributed by atoms with Gasteiger partial charge in [0.15, 0.2) is 5.82 Å². The second kappa shape index (κ2) is 6.33. The zero-order valence-electron chi connectivity index (χ0n) is 11.4. The van der Waals surface area contributed by atoms with Crippen LogP contribution in [0.1, 0.15) is 49.3 Å². The molecule has 2 N–H and O–H groups in total. The van der Waals surface area contributed by atoms with E-state index >= 15 is 0 Å². The van der Waals surface area contributed by atoms with E-state index in [1.165, 1.54) is 0 Å². The minimum Gasteiger partial charge on any atom is -0.478 e. The number of carbonyl (C=O) groups is 1. The van der Waals surface area contributed by atoms with Gasteiger partial charge >= 0.3 is 5.97 Å². The van der Waals surface area contributed by atoms with Gasteiger partial charge in [-0.3, -0.25) is 0 Å². The third-order valence-corrected chi connectivity index (χ3v) is 2.74. The number of carboxylic acid groups (broad SMARTS) is 1. The molecule has 0 fully saturated rings. The number of carboxylic acids is 1. The second-order valence-electron chi connectivity index (χ2n) is 4.64. The van der Waals surface area contributed by atoms with Crippen LogP contribution in [0.25, 0.3) is 0 Å². The Morgan fingerprint density at radius 2 is 1.94 bits per heavy atom. The quantitative estimate of drug-likeness (QED) is 0.811. The zero-order chi connectivity index (χ0) is 13.7. The smallest absolute Gasteiger partial charge is 0.339 e. The number of aromatic nitrogens is 2. The average molecular weight is 251 g/mol. The summed E-state index contributed by atoms with van der Waals surface area (Å²) < 4.78 is 0. The predicted octanol–water partition coefficient (Wildman–Crippen LogP) is 2.37. The van der Waals surface area contributed by atoms with Gasteiger partial charge in [-0.1, -0.05) is 27.7 Å². The van der Waals surface area contributed by atoms with Gasteiger partial charge in [0.2, 0.25) is 0 Å². The Morgan fingerprint density at radius 1 is 1.28 bits per heavy atom. The van der Waals surface area contributed by atoms with Crippen molar-refractivity contribution < 1.29 is 9.90 Å². The summed E-state index contributed by atoms with van der Waals surface area (Å²) in [5, 5.41) is 20.5. The molecule has 0 aliphatic rings. The summed E-state index contributed by atoms with van der Waals surface area (Å²) in [7, 11) is 0. The highest BCUT2D eigenvalue weighted by atomic mass is 16.4. The van der Waals surface area contributed by atoms with Crippen molar-refractivity contribution in [3.8, 4) is 0 Å². The summed E-state index contributed by atoms with van der Waals surface area (Å²) in [5.41, 5.74) is 1.82. The maximum Gasteiger partial charge on any atom is 0.339 e. The fourth-order valence-electron chi connectivity index (χ4n) is 1.83. The number of hydrogen-bond donors (Lipinski definition) is 2. The van der Waals surface area contributed by atoms with E-state index in [-0.39, 0.29) is 5.56 Å². The van der Waals surface area contributed by atoms with Crippen molar-refractivity contribution in [2.24, 2.45) is 5.92 Å². The van der Waals surface area contributed by atoms with Crippen LogP contribution in [0.15, 0.2) is 0 Å². The number of rotatable bonds is 6. The standard InChI is InChI=1S/C13H21N3O2/c1-5-9-10(6-2)15-16-12(11(9)13(17)18)14-7-8(3)4/h8H,5-7H2,1-4H3,(H,14,16)(H,17,18). The Kier molecular flexibility index (Phi) is 5.07. The normalized spacial score (nSPS) is 10.7. The molecular formula is C13H21N3O2. The van der Waals surface area contributed by atoms with Crippen molar-refractivity contribution in [2.45, 2.75) is 40.5 Å². The first-order valence-corrected chi connectivity index (χ1v) is 6.36. The van der Waals surface area contributed by atoms with Gasteiger partial charge in [-0.2, -0.15) is 5.10 Å². The van der Waals surface area contributed by atoms with Gasteiger partial charge in [0, 0.05) is 6.54 Å². The van der Waals surface area contributed by atoms with Crippen LogP contribution in [0, 0.1) is 5.92 Å². The number of anilines is 1. The highest BCUT2D eigenvalue weighted by molar-refractivity contribution is 5.95. The number of aryl methyl sites for hydroxylation is 1. The molecule has 1 rings (SSSR count). The van der Waals surface area contributed by atoms with Crippen molar-refractivity contribution in [2.75, 3.05) is 11.9 Å². The van der Waals surface area contributed by atoms with Crippen LogP contribution in [0.2, 0.25) is 0 Å². The van der Waals surface area contributed by atoms with E-state index in [9.17, 15) is 9.90 Å². The Bertz CT molecular complexity index is 430. The van der Waals surface area contributed by atoms with E-state index in [1.807, 2.05) is 13.8 Å². The molecule has 1 aromatic rings. The molecule has 0 atom stereocenters. The summed E-state index contributed by atoms with van der Waals surface area (Å²) in [6, 6.07) is 0. The number of nitrogens with zero attached hydrogens (tertiary/aromatic N) is 2. The largest absolute Gasteiger partial charge is 0.478 e. The van der Waals surface area contributed by atoms with Gasteiger partial charge in [-0.05, 0) is 24.3 Å². The van der Waals surface area contributed by atoms with Crippen LogP contribution in [-0.2, 0) is 12.8 Å². The van der Waals surface area contributed by atoms with Crippen LogP contribution in [0.4, 0.5) is 5.82 Å². The summed E-state index contributed by atoms with van der Waals surface area (Å²) in [5.74, 6) is -0.141. The van der Waals surface area contributed by atoms with Crippen molar-refractivity contribution in [3.63, 3.8) is 0 Å². The predicted molar refractivity (Wildman–Crippen MR) is 71.1 cm³/mol. The highest BCUT2D eigenvalue weighted by Crippen LogP contribution is 2.21. The molecular weight excluding hydrogens is 230 g/mol. The number of nitrogens with one attached hydrogen (secondary N) is 1. The van der Waals surface area contributed by atoms with Gasteiger partial charge in [0.25, 0.3) is 0 Å². The minimum absolute atomic E-state index is 0.269. The first-order valence-electron chi connectivity index (χ1n) is 6.36.